The number of H-pyrrole nitrogens is 2. The van der Waals surface area contributed by atoms with E-state index in [4.69, 9.17) is 14.7 Å². The van der Waals surface area contributed by atoms with Crippen LogP contribution in [0.15, 0.2) is 146 Å². The minimum Gasteiger partial charge on any atom is -0.489 e. The molecule has 0 saturated carbocycles. The summed E-state index contributed by atoms with van der Waals surface area (Å²) in [6, 6.07) is 42.4. The molecule has 9 rings (SSSR count). The van der Waals surface area contributed by atoms with Crippen molar-refractivity contribution in [2.45, 2.75) is 76.7 Å². The number of amides is 3. The van der Waals surface area contributed by atoms with Gasteiger partial charge in [0, 0.05) is 19.5 Å². The number of rotatable bonds is 17. The molecule has 5 aromatic carbocycles. The first-order valence-electron chi connectivity index (χ1n) is 23.7. The van der Waals surface area contributed by atoms with Gasteiger partial charge in [0.15, 0.2) is 0 Å². The monoisotopic (exact) mass is 910 g/mol. The maximum absolute atomic E-state index is 14.3. The number of benzene rings is 5. The highest BCUT2D eigenvalue weighted by molar-refractivity contribution is 5.86. The van der Waals surface area contributed by atoms with Crippen molar-refractivity contribution < 1.29 is 24.2 Å². The van der Waals surface area contributed by atoms with Crippen LogP contribution in [0.25, 0.3) is 33.6 Å². The molecular formula is C55H58N8O5. The fourth-order valence-electron chi connectivity index (χ4n) is 9.76. The maximum atomic E-state index is 14.3. The molecule has 4 N–H and O–H groups in total. The summed E-state index contributed by atoms with van der Waals surface area (Å²) in [7, 11) is 0. The molecule has 3 amide bonds. The molecule has 4 heterocycles. The lowest BCUT2D eigenvalue weighted by Gasteiger charge is -2.34. The van der Waals surface area contributed by atoms with Crippen LogP contribution in [-0.2, 0) is 22.6 Å². The van der Waals surface area contributed by atoms with Crippen molar-refractivity contribution in [2.75, 3.05) is 26.2 Å². The van der Waals surface area contributed by atoms with Gasteiger partial charge < -0.3 is 34.9 Å². The number of hydrogen-bond acceptors (Lipinski definition) is 7. The summed E-state index contributed by atoms with van der Waals surface area (Å²) in [5.74, 6) is 2.02. The standard InChI is InChI=1S/C55H58N8O5/c1-3-61(4-2)50(43-15-9-6-10-16-43)54(65)63-32-12-18-49(63)52-57-35-47(59-52)42-27-23-40(24-28-42)39-21-25-41(26-22-39)46-34-56-51(58-46)48-17-11-31-62(48)53(64)45(60-55(66)67)33-37-19-29-44(30-20-37)68-36-38-13-7-5-8-14-38/h5-10,13-16,19-30,34-35,45,48-50,60H,3-4,11-12,17-18,31-33,36H2,1-2H3,(H,56,58)(H,57,59)(H,66,67)/t45-,48-,49-,50+/m0/s1. The molecule has 4 atom stereocenters. The van der Waals surface area contributed by atoms with Crippen LogP contribution in [0, 0.1) is 0 Å². The second-order valence-corrected chi connectivity index (χ2v) is 17.6. The lowest BCUT2D eigenvalue weighted by molar-refractivity contribution is -0.138. The average Bonchev–Trinajstić information content (AvgIpc) is 4.24. The smallest absolute Gasteiger partial charge is 0.405 e. The van der Waals surface area contributed by atoms with Gasteiger partial charge in [0.1, 0.15) is 36.1 Å². The first kappa shape index (κ1) is 45.6. The van der Waals surface area contributed by atoms with Crippen molar-refractivity contribution in [2.24, 2.45) is 0 Å². The van der Waals surface area contributed by atoms with E-state index in [1.807, 2.05) is 83.9 Å². The maximum Gasteiger partial charge on any atom is 0.405 e. The fourth-order valence-corrected chi connectivity index (χ4v) is 9.76. The van der Waals surface area contributed by atoms with Gasteiger partial charge in [0.05, 0.1) is 35.9 Å². The van der Waals surface area contributed by atoms with Crippen LogP contribution < -0.4 is 10.1 Å². The van der Waals surface area contributed by atoms with E-state index in [2.05, 4.69) is 94.7 Å². The van der Waals surface area contributed by atoms with E-state index >= 15 is 0 Å². The Morgan fingerprint density at radius 3 is 1.68 bits per heavy atom. The predicted molar refractivity (Wildman–Crippen MR) is 262 cm³/mol. The van der Waals surface area contributed by atoms with Crippen LogP contribution in [0.3, 0.4) is 0 Å². The molecule has 68 heavy (non-hydrogen) atoms. The van der Waals surface area contributed by atoms with Gasteiger partial charge in [0.25, 0.3) is 0 Å². The molecule has 0 unspecified atom stereocenters. The van der Waals surface area contributed by atoms with Crippen LogP contribution in [0.4, 0.5) is 4.79 Å². The number of imidazole rings is 2. The molecule has 0 radical (unpaired) electrons. The van der Waals surface area contributed by atoms with Crippen molar-refractivity contribution in [1.82, 2.24) is 40.0 Å². The lowest BCUT2D eigenvalue weighted by atomic mass is 10.0. The zero-order valence-electron chi connectivity index (χ0n) is 38.6. The van der Waals surface area contributed by atoms with Gasteiger partial charge in [-0.2, -0.15) is 0 Å². The van der Waals surface area contributed by atoms with Gasteiger partial charge in [0.2, 0.25) is 11.8 Å². The van der Waals surface area contributed by atoms with E-state index < -0.39 is 12.1 Å². The third-order valence-corrected chi connectivity index (χ3v) is 13.4. The quantitative estimate of drug-likeness (QED) is 0.0703. The average molecular weight is 911 g/mol. The summed E-state index contributed by atoms with van der Waals surface area (Å²) in [4.78, 5) is 62.8. The molecule has 13 nitrogen and oxygen atoms in total. The number of aromatic nitrogens is 4. The van der Waals surface area contributed by atoms with E-state index in [0.29, 0.717) is 37.7 Å². The molecule has 2 aliphatic rings. The van der Waals surface area contributed by atoms with Crippen molar-refractivity contribution in [3.05, 3.63) is 174 Å². The SMILES string of the molecule is CCN(CC)[C@@H](C(=O)N1CCC[C@H]1c1ncc(-c2ccc(-c3ccc(-c4cnc([C@@H]5CCCN5C(=O)[C@H](Cc5ccc(OCc6ccccc6)cc5)NC(=O)O)[nH]4)cc3)cc2)[nH]1)c1ccccc1. The van der Waals surface area contributed by atoms with Gasteiger partial charge in [-0.1, -0.05) is 135 Å². The van der Waals surface area contributed by atoms with Gasteiger partial charge in [-0.15, -0.1) is 0 Å². The molecule has 0 bridgehead atoms. The first-order valence-corrected chi connectivity index (χ1v) is 23.7. The zero-order valence-corrected chi connectivity index (χ0v) is 38.6. The summed E-state index contributed by atoms with van der Waals surface area (Å²) in [5.41, 5.74) is 8.73. The second kappa shape index (κ2) is 21.0. The first-order chi connectivity index (χ1) is 33.3. The van der Waals surface area contributed by atoms with Crippen LogP contribution in [0.5, 0.6) is 5.75 Å². The van der Waals surface area contributed by atoms with Crippen molar-refractivity contribution in [3.63, 3.8) is 0 Å². The fraction of sp³-hybridized carbons (Fsp3) is 0.291. The number of ether oxygens (including phenoxy) is 1. The Kier molecular flexibility index (Phi) is 14.1. The van der Waals surface area contributed by atoms with Gasteiger partial charge >= 0.3 is 6.09 Å². The second-order valence-electron chi connectivity index (χ2n) is 17.6. The highest BCUT2D eigenvalue weighted by Crippen LogP contribution is 2.37. The molecule has 348 valence electrons. The Balaban J connectivity index is 0.827. The highest BCUT2D eigenvalue weighted by Gasteiger charge is 2.39. The van der Waals surface area contributed by atoms with E-state index in [1.165, 1.54) is 0 Å². The minimum absolute atomic E-state index is 0.110. The Bertz CT molecular complexity index is 2770. The van der Waals surface area contributed by atoms with E-state index in [0.717, 1.165) is 88.5 Å². The Morgan fingerprint density at radius 2 is 1.16 bits per heavy atom. The van der Waals surface area contributed by atoms with Crippen molar-refractivity contribution >= 4 is 17.9 Å². The topological polar surface area (TPSA) is 160 Å². The van der Waals surface area contributed by atoms with Crippen LogP contribution in [0.1, 0.15) is 86.0 Å². The molecule has 2 saturated heterocycles. The Morgan fingerprint density at radius 1 is 0.662 bits per heavy atom. The number of hydrogen-bond donors (Lipinski definition) is 4. The van der Waals surface area contributed by atoms with Gasteiger partial charge in [-0.3, -0.25) is 14.5 Å². The Hall–Kier alpha value is -7.51. The number of carboxylic acid groups (broad SMARTS) is 1. The molecular weight excluding hydrogens is 853 g/mol. The van der Waals surface area contributed by atoms with Crippen LogP contribution >= 0.6 is 0 Å². The van der Waals surface area contributed by atoms with Crippen molar-refractivity contribution in [1.29, 1.82) is 0 Å². The molecule has 0 aliphatic carbocycles. The number of likely N-dealkylation sites (N-methyl/N-ethyl adjacent to an activating group) is 1. The summed E-state index contributed by atoms with van der Waals surface area (Å²) in [6.07, 6.45) is 5.90. The van der Waals surface area contributed by atoms with E-state index in [1.54, 1.807) is 11.1 Å². The van der Waals surface area contributed by atoms with Crippen LogP contribution in [0.2, 0.25) is 0 Å². The number of carbonyl (C=O) groups excluding carboxylic acids is 2. The van der Waals surface area contributed by atoms with Gasteiger partial charge in [-0.05, 0) is 89.8 Å². The largest absolute Gasteiger partial charge is 0.489 e. The van der Waals surface area contributed by atoms with Crippen LogP contribution in [-0.4, -0.2) is 89.9 Å². The summed E-state index contributed by atoms with van der Waals surface area (Å²) < 4.78 is 5.92. The molecule has 7 aromatic rings. The summed E-state index contributed by atoms with van der Waals surface area (Å²) >= 11 is 0. The van der Waals surface area contributed by atoms with Gasteiger partial charge in [-0.25, -0.2) is 14.8 Å². The molecule has 0 spiro atoms. The Labute approximate surface area is 397 Å². The number of likely N-dealkylation sites (tertiary alicyclic amines) is 2. The number of nitrogens with zero attached hydrogens (tertiary/aromatic N) is 5. The number of carbonyl (C=O) groups is 3. The zero-order chi connectivity index (χ0) is 47.0. The summed E-state index contributed by atoms with van der Waals surface area (Å²) in [6.45, 7) is 7.43. The molecule has 2 aromatic heterocycles. The van der Waals surface area contributed by atoms with E-state index in [-0.39, 0.29) is 36.4 Å². The minimum atomic E-state index is -1.25. The highest BCUT2D eigenvalue weighted by atomic mass is 16.5. The number of aromatic amines is 2. The third-order valence-electron chi connectivity index (χ3n) is 13.4. The molecule has 13 heteroatoms. The van der Waals surface area contributed by atoms with E-state index in [9.17, 15) is 19.5 Å². The molecule has 2 fully saturated rings. The van der Waals surface area contributed by atoms with Crippen molar-refractivity contribution in [3.8, 4) is 39.4 Å². The molecule has 2 aliphatic heterocycles. The normalized spacial score (nSPS) is 16.8. The number of nitrogens with one attached hydrogen (secondary N) is 3. The summed E-state index contributed by atoms with van der Waals surface area (Å²) in [5, 5.41) is 12.2. The third kappa shape index (κ3) is 10.2. The lowest BCUT2D eigenvalue weighted by Crippen LogP contribution is -2.49. The predicted octanol–water partition coefficient (Wildman–Crippen LogP) is 10.0.